The number of carboxylic acid groups (broad SMARTS) is 1. The molecule has 92 valence electrons. The van der Waals surface area contributed by atoms with Gasteiger partial charge in [0.2, 0.25) is 0 Å². The number of nitrogens with one attached hydrogen (secondary N) is 1. The van der Waals surface area contributed by atoms with Crippen LogP contribution >= 0.6 is 0 Å². The number of anilines is 1. The molecule has 1 fully saturated rings. The first kappa shape index (κ1) is 11.9. The molecule has 0 spiro atoms. The summed E-state index contributed by atoms with van der Waals surface area (Å²) in [7, 11) is 0. The Morgan fingerprint density at radius 2 is 2.41 bits per heavy atom. The lowest BCUT2D eigenvalue weighted by Crippen LogP contribution is -2.27. The van der Waals surface area contributed by atoms with Gasteiger partial charge in [0.25, 0.3) is 0 Å². The summed E-state index contributed by atoms with van der Waals surface area (Å²) in [6.45, 7) is 1.55. The Labute approximate surface area is 99.8 Å². The summed E-state index contributed by atoms with van der Waals surface area (Å²) in [5.41, 5.74) is 0.199. The molecule has 1 aromatic heterocycles. The fourth-order valence-electron chi connectivity index (χ4n) is 1.81. The third kappa shape index (κ3) is 3.42. The third-order valence-electron chi connectivity index (χ3n) is 2.80. The first-order chi connectivity index (χ1) is 8.25. The van der Waals surface area contributed by atoms with Gasteiger partial charge in [-0.25, -0.2) is 9.78 Å². The van der Waals surface area contributed by atoms with Crippen molar-refractivity contribution in [1.82, 2.24) is 4.98 Å². The van der Waals surface area contributed by atoms with Gasteiger partial charge in [0.05, 0.1) is 11.7 Å². The van der Waals surface area contributed by atoms with Gasteiger partial charge in [-0.05, 0) is 31.4 Å². The summed E-state index contributed by atoms with van der Waals surface area (Å²) in [5.74, 6) is -0.274. The van der Waals surface area contributed by atoms with Gasteiger partial charge in [-0.3, -0.25) is 0 Å². The Morgan fingerprint density at radius 3 is 3.00 bits per heavy atom. The van der Waals surface area contributed by atoms with Gasteiger partial charge in [0.15, 0.2) is 0 Å². The van der Waals surface area contributed by atoms with E-state index in [0.29, 0.717) is 5.82 Å². The maximum Gasteiger partial charge on any atom is 0.337 e. The summed E-state index contributed by atoms with van der Waals surface area (Å²) < 4.78 is 5.58. The molecule has 2 heterocycles. The summed E-state index contributed by atoms with van der Waals surface area (Å²) in [5, 5.41) is 11.9. The van der Waals surface area contributed by atoms with Gasteiger partial charge in [-0.1, -0.05) is 0 Å². The minimum Gasteiger partial charge on any atom is -0.478 e. The standard InChI is InChI=1S/C12H16N2O3/c15-12(16)9-4-5-11(13-7-9)14-8-10-3-1-2-6-17-10/h4-5,7,10H,1-3,6,8H2,(H,13,14)(H,15,16). The van der Waals surface area contributed by atoms with Crippen molar-refractivity contribution in [2.24, 2.45) is 0 Å². The molecular weight excluding hydrogens is 220 g/mol. The van der Waals surface area contributed by atoms with Crippen LogP contribution in [-0.4, -0.2) is 35.3 Å². The van der Waals surface area contributed by atoms with Crippen LogP contribution in [-0.2, 0) is 4.74 Å². The quantitative estimate of drug-likeness (QED) is 0.833. The van der Waals surface area contributed by atoms with E-state index in [4.69, 9.17) is 9.84 Å². The van der Waals surface area contributed by atoms with Gasteiger partial charge in [-0.2, -0.15) is 0 Å². The van der Waals surface area contributed by atoms with E-state index in [0.717, 1.165) is 26.0 Å². The molecule has 1 atom stereocenters. The van der Waals surface area contributed by atoms with Gasteiger partial charge in [-0.15, -0.1) is 0 Å². The predicted octanol–water partition coefficient (Wildman–Crippen LogP) is 1.76. The van der Waals surface area contributed by atoms with Crippen LogP contribution in [0.4, 0.5) is 5.82 Å². The molecule has 17 heavy (non-hydrogen) atoms. The average Bonchev–Trinajstić information content (AvgIpc) is 2.38. The van der Waals surface area contributed by atoms with Gasteiger partial charge in [0, 0.05) is 19.3 Å². The number of rotatable bonds is 4. The zero-order chi connectivity index (χ0) is 12.1. The normalized spacial score (nSPS) is 19.9. The van der Waals surface area contributed by atoms with E-state index < -0.39 is 5.97 Å². The van der Waals surface area contributed by atoms with E-state index in [1.165, 1.54) is 12.6 Å². The Balaban J connectivity index is 1.84. The highest BCUT2D eigenvalue weighted by atomic mass is 16.5. The molecule has 2 rings (SSSR count). The van der Waals surface area contributed by atoms with Crippen molar-refractivity contribution in [2.75, 3.05) is 18.5 Å². The summed E-state index contributed by atoms with van der Waals surface area (Å²) in [6.07, 6.45) is 5.01. The Bertz CT molecular complexity index is 372. The Morgan fingerprint density at radius 1 is 1.53 bits per heavy atom. The minimum atomic E-state index is -0.959. The highest BCUT2D eigenvalue weighted by Crippen LogP contribution is 2.13. The smallest absolute Gasteiger partial charge is 0.337 e. The molecular formula is C12H16N2O3. The molecule has 1 aromatic rings. The molecule has 0 bridgehead atoms. The summed E-state index contributed by atoms with van der Waals surface area (Å²) >= 11 is 0. The number of carboxylic acids is 1. The Hall–Kier alpha value is -1.62. The second-order valence-corrected chi connectivity index (χ2v) is 4.11. The van der Waals surface area contributed by atoms with E-state index >= 15 is 0 Å². The van der Waals surface area contributed by atoms with Crippen LogP contribution in [0.25, 0.3) is 0 Å². The van der Waals surface area contributed by atoms with Crippen LogP contribution in [0.5, 0.6) is 0 Å². The number of hydrogen-bond acceptors (Lipinski definition) is 4. The van der Waals surface area contributed by atoms with Crippen molar-refractivity contribution in [3.05, 3.63) is 23.9 Å². The largest absolute Gasteiger partial charge is 0.478 e. The lowest BCUT2D eigenvalue weighted by Gasteiger charge is -2.22. The van der Waals surface area contributed by atoms with E-state index in [9.17, 15) is 4.79 Å². The first-order valence-electron chi connectivity index (χ1n) is 5.80. The molecule has 0 saturated carbocycles. The van der Waals surface area contributed by atoms with E-state index in [1.807, 2.05) is 0 Å². The highest BCUT2D eigenvalue weighted by molar-refractivity contribution is 5.87. The SMILES string of the molecule is O=C(O)c1ccc(NCC2CCCCO2)nc1. The van der Waals surface area contributed by atoms with Crippen LogP contribution in [0.3, 0.4) is 0 Å². The lowest BCUT2D eigenvalue weighted by atomic mass is 10.1. The van der Waals surface area contributed by atoms with Crippen LogP contribution in [0.15, 0.2) is 18.3 Å². The second kappa shape index (κ2) is 5.63. The molecule has 0 aromatic carbocycles. The fraction of sp³-hybridized carbons (Fsp3) is 0.500. The predicted molar refractivity (Wildman–Crippen MR) is 63.3 cm³/mol. The molecule has 1 aliphatic heterocycles. The van der Waals surface area contributed by atoms with Crippen molar-refractivity contribution >= 4 is 11.8 Å². The first-order valence-corrected chi connectivity index (χ1v) is 5.80. The summed E-state index contributed by atoms with van der Waals surface area (Å²) in [4.78, 5) is 14.7. The van der Waals surface area contributed by atoms with Crippen LogP contribution in [0.1, 0.15) is 29.6 Å². The number of nitrogens with zero attached hydrogens (tertiary/aromatic N) is 1. The molecule has 1 unspecified atom stereocenters. The molecule has 5 heteroatoms. The lowest BCUT2D eigenvalue weighted by molar-refractivity contribution is 0.0247. The number of aromatic carboxylic acids is 1. The number of carbonyl (C=O) groups is 1. The van der Waals surface area contributed by atoms with Crippen molar-refractivity contribution in [1.29, 1.82) is 0 Å². The van der Waals surface area contributed by atoms with Crippen molar-refractivity contribution in [2.45, 2.75) is 25.4 Å². The van der Waals surface area contributed by atoms with Crippen molar-refractivity contribution < 1.29 is 14.6 Å². The van der Waals surface area contributed by atoms with Gasteiger partial charge < -0.3 is 15.2 Å². The van der Waals surface area contributed by atoms with E-state index in [2.05, 4.69) is 10.3 Å². The molecule has 0 amide bonds. The third-order valence-corrected chi connectivity index (χ3v) is 2.80. The molecule has 1 saturated heterocycles. The maximum atomic E-state index is 10.6. The Kier molecular flexibility index (Phi) is 3.93. The van der Waals surface area contributed by atoms with Crippen LogP contribution < -0.4 is 5.32 Å². The van der Waals surface area contributed by atoms with E-state index in [1.54, 1.807) is 12.1 Å². The topological polar surface area (TPSA) is 71.5 Å². The zero-order valence-corrected chi connectivity index (χ0v) is 9.56. The van der Waals surface area contributed by atoms with E-state index in [-0.39, 0.29) is 11.7 Å². The van der Waals surface area contributed by atoms with Gasteiger partial charge >= 0.3 is 5.97 Å². The zero-order valence-electron chi connectivity index (χ0n) is 9.56. The fourth-order valence-corrected chi connectivity index (χ4v) is 1.81. The molecule has 1 aliphatic rings. The summed E-state index contributed by atoms with van der Waals surface area (Å²) in [6, 6.07) is 3.21. The van der Waals surface area contributed by atoms with Crippen LogP contribution in [0, 0.1) is 0 Å². The molecule has 0 radical (unpaired) electrons. The van der Waals surface area contributed by atoms with Crippen molar-refractivity contribution in [3.8, 4) is 0 Å². The molecule has 0 aliphatic carbocycles. The maximum absolute atomic E-state index is 10.6. The number of aromatic nitrogens is 1. The molecule has 2 N–H and O–H groups in total. The monoisotopic (exact) mass is 236 g/mol. The minimum absolute atomic E-state index is 0.199. The highest BCUT2D eigenvalue weighted by Gasteiger charge is 2.13. The van der Waals surface area contributed by atoms with Crippen molar-refractivity contribution in [3.63, 3.8) is 0 Å². The van der Waals surface area contributed by atoms with Gasteiger partial charge in [0.1, 0.15) is 5.82 Å². The second-order valence-electron chi connectivity index (χ2n) is 4.11. The van der Waals surface area contributed by atoms with Crippen LogP contribution in [0.2, 0.25) is 0 Å². The average molecular weight is 236 g/mol. The number of pyridine rings is 1. The molecule has 5 nitrogen and oxygen atoms in total. The number of ether oxygens (including phenoxy) is 1. The number of hydrogen-bond donors (Lipinski definition) is 2.